The monoisotopic (exact) mass is 336 g/mol. The summed E-state index contributed by atoms with van der Waals surface area (Å²) in [6.07, 6.45) is 0.721. The number of nitro benzene ring substituents is 1. The molecule has 1 saturated heterocycles. The molecule has 24 heavy (non-hydrogen) atoms. The standard InChI is InChI=1S/C16H20N2O6/c1-3-14-10-17(5-6-24-14)15(19)11-7-12(16(20)23-4-2)9-13(8-11)18(21)22/h7-9,14H,3-6,10H2,1-2H3. The summed E-state index contributed by atoms with van der Waals surface area (Å²) >= 11 is 0. The molecule has 1 heterocycles. The van der Waals surface area contributed by atoms with E-state index in [1.165, 1.54) is 12.1 Å². The van der Waals surface area contributed by atoms with Crippen molar-refractivity contribution < 1.29 is 24.0 Å². The van der Waals surface area contributed by atoms with Gasteiger partial charge in [-0.3, -0.25) is 14.9 Å². The molecule has 2 rings (SSSR count). The van der Waals surface area contributed by atoms with Crippen LogP contribution in [0.2, 0.25) is 0 Å². The van der Waals surface area contributed by atoms with E-state index in [2.05, 4.69) is 0 Å². The number of hydrogen-bond donors (Lipinski definition) is 0. The molecular weight excluding hydrogens is 316 g/mol. The molecule has 0 radical (unpaired) electrons. The van der Waals surface area contributed by atoms with E-state index in [4.69, 9.17) is 9.47 Å². The fourth-order valence-corrected chi connectivity index (χ4v) is 2.51. The maximum atomic E-state index is 12.7. The van der Waals surface area contributed by atoms with Crippen LogP contribution in [0, 0.1) is 10.1 Å². The Morgan fingerprint density at radius 3 is 2.67 bits per heavy atom. The molecular formula is C16H20N2O6. The summed E-state index contributed by atoms with van der Waals surface area (Å²) in [4.78, 5) is 36.6. The van der Waals surface area contributed by atoms with Crippen LogP contribution in [0.3, 0.4) is 0 Å². The number of rotatable bonds is 5. The first-order chi connectivity index (χ1) is 11.5. The zero-order valence-corrected chi connectivity index (χ0v) is 13.7. The molecule has 1 unspecified atom stereocenters. The smallest absolute Gasteiger partial charge is 0.338 e. The number of amides is 1. The minimum absolute atomic E-state index is 0.00491. The predicted octanol–water partition coefficient (Wildman–Crippen LogP) is 2.02. The molecule has 1 amide bonds. The average molecular weight is 336 g/mol. The lowest BCUT2D eigenvalue weighted by Gasteiger charge is -2.32. The van der Waals surface area contributed by atoms with Crippen molar-refractivity contribution in [2.45, 2.75) is 26.4 Å². The van der Waals surface area contributed by atoms with Crippen molar-refractivity contribution in [3.05, 3.63) is 39.4 Å². The van der Waals surface area contributed by atoms with Gasteiger partial charge in [-0.25, -0.2) is 4.79 Å². The minimum Gasteiger partial charge on any atom is -0.462 e. The van der Waals surface area contributed by atoms with Gasteiger partial charge in [0.15, 0.2) is 0 Å². The zero-order valence-electron chi connectivity index (χ0n) is 13.7. The Balaban J connectivity index is 2.32. The van der Waals surface area contributed by atoms with Crippen LogP contribution < -0.4 is 0 Å². The number of nitro groups is 1. The van der Waals surface area contributed by atoms with E-state index in [9.17, 15) is 19.7 Å². The number of benzene rings is 1. The Morgan fingerprint density at radius 1 is 1.33 bits per heavy atom. The van der Waals surface area contributed by atoms with Gasteiger partial charge in [-0.05, 0) is 19.4 Å². The highest BCUT2D eigenvalue weighted by atomic mass is 16.6. The molecule has 0 aliphatic carbocycles. The molecule has 1 aromatic carbocycles. The number of morpholine rings is 1. The van der Waals surface area contributed by atoms with Crippen molar-refractivity contribution in [3.63, 3.8) is 0 Å². The van der Waals surface area contributed by atoms with Gasteiger partial charge in [0.25, 0.3) is 11.6 Å². The Labute approximate surface area is 139 Å². The van der Waals surface area contributed by atoms with Gasteiger partial charge in [0.05, 0.1) is 29.8 Å². The molecule has 1 fully saturated rings. The van der Waals surface area contributed by atoms with Crippen LogP contribution in [0.15, 0.2) is 18.2 Å². The van der Waals surface area contributed by atoms with Crippen molar-refractivity contribution in [3.8, 4) is 0 Å². The maximum Gasteiger partial charge on any atom is 0.338 e. The number of carbonyl (C=O) groups excluding carboxylic acids is 2. The van der Waals surface area contributed by atoms with Gasteiger partial charge in [-0.2, -0.15) is 0 Å². The van der Waals surface area contributed by atoms with Gasteiger partial charge in [-0.15, -0.1) is 0 Å². The van der Waals surface area contributed by atoms with Crippen LogP contribution in [0.4, 0.5) is 5.69 Å². The highest BCUT2D eigenvalue weighted by Crippen LogP contribution is 2.21. The van der Waals surface area contributed by atoms with Crippen molar-refractivity contribution >= 4 is 17.6 Å². The van der Waals surface area contributed by atoms with Crippen molar-refractivity contribution in [1.29, 1.82) is 0 Å². The average Bonchev–Trinajstić information content (AvgIpc) is 2.60. The minimum atomic E-state index is -0.691. The fourth-order valence-electron chi connectivity index (χ4n) is 2.51. The first-order valence-electron chi connectivity index (χ1n) is 7.83. The van der Waals surface area contributed by atoms with Crippen LogP contribution in [-0.2, 0) is 9.47 Å². The summed E-state index contributed by atoms with van der Waals surface area (Å²) in [5.74, 6) is -1.05. The van der Waals surface area contributed by atoms with Crippen molar-refractivity contribution in [1.82, 2.24) is 4.90 Å². The molecule has 130 valence electrons. The third-order valence-corrected chi connectivity index (χ3v) is 3.77. The summed E-state index contributed by atoms with van der Waals surface area (Å²) in [6, 6.07) is 3.63. The quantitative estimate of drug-likeness (QED) is 0.463. The van der Waals surface area contributed by atoms with Gasteiger partial charge < -0.3 is 14.4 Å². The number of esters is 1. The van der Waals surface area contributed by atoms with Gasteiger partial charge in [-0.1, -0.05) is 6.92 Å². The molecule has 8 nitrogen and oxygen atoms in total. The lowest BCUT2D eigenvalue weighted by Crippen LogP contribution is -2.45. The molecule has 0 saturated carbocycles. The fraction of sp³-hybridized carbons (Fsp3) is 0.500. The SMILES string of the molecule is CCOC(=O)c1cc(C(=O)N2CCOC(CC)C2)cc([N+](=O)[O-])c1. The normalized spacial score (nSPS) is 17.4. The van der Waals surface area contributed by atoms with Crippen LogP contribution in [0.5, 0.6) is 0 Å². The topological polar surface area (TPSA) is 99.0 Å². The summed E-state index contributed by atoms with van der Waals surface area (Å²) in [6.45, 7) is 5.00. The van der Waals surface area contributed by atoms with E-state index in [0.717, 1.165) is 12.5 Å². The van der Waals surface area contributed by atoms with Gasteiger partial charge in [0.1, 0.15) is 0 Å². The van der Waals surface area contributed by atoms with Crippen molar-refractivity contribution in [2.24, 2.45) is 0 Å². The number of nitrogens with zero attached hydrogens (tertiary/aromatic N) is 2. The molecule has 0 N–H and O–H groups in total. The number of non-ortho nitro benzene ring substituents is 1. The third kappa shape index (κ3) is 4.08. The van der Waals surface area contributed by atoms with E-state index in [1.807, 2.05) is 6.92 Å². The van der Waals surface area contributed by atoms with Crippen LogP contribution in [0.25, 0.3) is 0 Å². The Bertz CT molecular complexity index is 645. The molecule has 1 aliphatic rings. The van der Waals surface area contributed by atoms with Crippen molar-refractivity contribution in [2.75, 3.05) is 26.3 Å². The van der Waals surface area contributed by atoms with E-state index in [-0.39, 0.29) is 35.4 Å². The van der Waals surface area contributed by atoms with Gasteiger partial charge in [0.2, 0.25) is 0 Å². The molecule has 0 aromatic heterocycles. The first-order valence-corrected chi connectivity index (χ1v) is 7.83. The van der Waals surface area contributed by atoms with Crippen LogP contribution in [0.1, 0.15) is 41.0 Å². The van der Waals surface area contributed by atoms with Crippen LogP contribution in [-0.4, -0.2) is 54.1 Å². The second kappa shape index (κ2) is 7.87. The zero-order chi connectivity index (χ0) is 17.7. The lowest BCUT2D eigenvalue weighted by molar-refractivity contribution is -0.384. The molecule has 1 atom stereocenters. The molecule has 8 heteroatoms. The second-order valence-electron chi connectivity index (χ2n) is 5.40. The van der Waals surface area contributed by atoms with Gasteiger partial charge >= 0.3 is 5.97 Å². The van der Waals surface area contributed by atoms with E-state index >= 15 is 0 Å². The molecule has 0 spiro atoms. The Hall–Kier alpha value is -2.48. The summed E-state index contributed by atoms with van der Waals surface area (Å²) in [5.41, 5.74) is -0.220. The lowest BCUT2D eigenvalue weighted by atomic mass is 10.1. The highest BCUT2D eigenvalue weighted by molar-refractivity contribution is 5.99. The predicted molar refractivity (Wildman–Crippen MR) is 85.0 cm³/mol. The van der Waals surface area contributed by atoms with Gasteiger partial charge in [0, 0.05) is 30.8 Å². The number of ether oxygens (including phenoxy) is 2. The molecule has 1 aromatic rings. The summed E-state index contributed by atoms with van der Waals surface area (Å²) in [7, 11) is 0. The largest absolute Gasteiger partial charge is 0.462 e. The highest BCUT2D eigenvalue weighted by Gasteiger charge is 2.26. The Morgan fingerprint density at radius 2 is 2.04 bits per heavy atom. The maximum absolute atomic E-state index is 12.7. The summed E-state index contributed by atoms with van der Waals surface area (Å²) < 4.78 is 10.4. The number of hydrogen-bond acceptors (Lipinski definition) is 6. The van der Waals surface area contributed by atoms with Crippen LogP contribution >= 0.6 is 0 Å². The second-order valence-corrected chi connectivity index (χ2v) is 5.40. The third-order valence-electron chi connectivity index (χ3n) is 3.77. The number of carbonyl (C=O) groups is 2. The summed E-state index contributed by atoms with van der Waals surface area (Å²) in [5, 5.41) is 11.1. The van der Waals surface area contributed by atoms with E-state index in [1.54, 1.807) is 11.8 Å². The molecule has 1 aliphatic heterocycles. The Kier molecular flexibility index (Phi) is 5.86. The first kappa shape index (κ1) is 17.9. The van der Waals surface area contributed by atoms with E-state index in [0.29, 0.717) is 19.7 Å². The van der Waals surface area contributed by atoms with E-state index < -0.39 is 10.9 Å². The molecule has 0 bridgehead atoms.